The van der Waals surface area contributed by atoms with E-state index in [0.29, 0.717) is 0 Å². The van der Waals surface area contributed by atoms with Gasteiger partial charge in [0, 0.05) is 19.4 Å². The van der Waals surface area contributed by atoms with Crippen LogP contribution >= 0.6 is 0 Å². The number of hydrogen-bond acceptors (Lipinski definition) is 6. The van der Waals surface area contributed by atoms with Gasteiger partial charge in [-0.1, -0.05) is 0 Å². The Hall–Kier alpha value is -1.07. The van der Waals surface area contributed by atoms with E-state index in [9.17, 15) is 0 Å². The second kappa shape index (κ2) is 102. The summed E-state index contributed by atoms with van der Waals surface area (Å²) in [6.07, 6.45) is 0. The van der Waals surface area contributed by atoms with Crippen molar-refractivity contribution in [2.75, 3.05) is 0 Å². The van der Waals surface area contributed by atoms with Gasteiger partial charge < -0.3 is 29.7 Å². The number of carbonyl (C=O) groups excluding carboxylic acids is 3. The molecule has 0 radical (unpaired) electrons. The van der Waals surface area contributed by atoms with Crippen molar-refractivity contribution in [3.8, 4) is 0 Å². The maximum absolute atomic E-state index is 8.25. The fourth-order valence-corrected chi connectivity index (χ4v) is 0. The Morgan fingerprint density at radius 1 is 0.700 bits per heavy atom. The molecule has 0 aliphatic heterocycles. The van der Waals surface area contributed by atoms with E-state index in [4.69, 9.17) is 29.7 Å². The Balaban J connectivity index is -0.0000000257. The Kier molecular flexibility index (Phi) is 236. The zero-order chi connectivity index (χ0) is 8.12. The van der Waals surface area contributed by atoms with Crippen LogP contribution in [0, 0.1) is 0 Å². The van der Waals surface area contributed by atoms with Crippen LogP contribution in [0.15, 0.2) is 0 Å². The molecule has 0 heterocycles. The zero-order valence-corrected chi connectivity index (χ0v) is 5.64. The average molecular weight is 191 g/mol. The van der Waals surface area contributed by atoms with Crippen LogP contribution in [0.2, 0.25) is 0 Å². The predicted molar refractivity (Wildman–Crippen MR) is 18.2 cm³/mol. The molecule has 0 amide bonds. The van der Waals surface area contributed by atoms with Crippen LogP contribution < -0.4 is 15.3 Å². The first-order chi connectivity index (χ1) is 4.24. The first kappa shape index (κ1) is 23.1. The van der Waals surface area contributed by atoms with Gasteiger partial charge in [-0.2, -0.15) is 0 Å². The van der Waals surface area contributed by atoms with Gasteiger partial charge in [0.25, 0.3) is 0 Å². The van der Waals surface area contributed by atoms with Gasteiger partial charge in [0.05, 0.1) is 0 Å². The van der Waals surface area contributed by atoms with Crippen LogP contribution in [-0.2, 0) is 31.5 Å². The number of carbonyl (C=O) groups is 3. The zero-order valence-electron chi connectivity index (χ0n) is 4.54. The van der Waals surface area contributed by atoms with E-state index in [1.807, 2.05) is 0 Å². The summed E-state index contributed by atoms with van der Waals surface area (Å²) < 4.78 is 0. The molecule has 7 heteroatoms. The summed E-state index contributed by atoms with van der Waals surface area (Å²) in [4.78, 5) is 24.8. The fourth-order valence-electron chi connectivity index (χ4n) is 0. The molecule has 0 fully saturated rings. The third-order valence-electron chi connectivity index (χ3n) is 0. The smallest absolute Gasteiger partial charge is 0.554 e. The van der Waals surface area contributed by atoms with Gasteiger partial charge in [-0.15, -0.1) is 0 Å². The summed E-state index contributed by atoms with van der Waals surface area (Å²) in [5.74, 6) is 0. The first-order valence-electron chi connectivity index (χ1n) is 1.41. The van der Waals surface area contributed by atoms with Crippen LogP contribution in [0.3, 0.4) is 0 Å². The average Bonchev–Trinajstić information content (AvgIpc) is 1.70. The molecule has 0 spiro atoms. The van der Waals surface area contributed by atoms with E-state index in [0.717, 1.165) is 0 Å². The van der Waals surface area contributed by atoms with Crippen molar-refractivity contribution in [3.63, 3.8) is 0 Å². The Morgan fingerprint density at radius 2 is 0.700 bits per heavy atom. The predicted octanol–water partition coefficient (Wildman–Crippen LogP) is -4.90. The molecule has 0 atom stereocenters. The molecule has 0 aromatic rings. The van der Waals surface area contributed by atoms with Crippen LogP contribution in [0.4, 0.5) is 0 Å². The molecule has 0 unspecified atom stereocenters. The fraction of sp³-hybridized carbons (Fsp3) is 0. The van der Waals surface area contributed by atoms with E-state index >= 15 is 0 Å². The molecule has 0 aliphatic carbocycles. The van der Waals surface area contributed by atoms with Crippen molar-refractivity contribution in [2.45, 2.75) is 0 Å². The van der Waals surface area contributed by atoms with Crippen molar-refractivity contribution in [1.82, 2.24) is 0 Å². The first-order valence-corrected chi connectivity index (χ1v) is 1.41. The van der Waals surface area contributed by atoms with Crippen molar-refractivity contribution in [2.24, 2.45) is 0 Å². The van der Waals surface area contributed by atoms with Crippen LogP contribution in [-0.4, -0.2) is 19.4 Å². The van der Waals surface area contributed by atoms with Crippen LogP contribution in [0.25, 0.3) is 0 Å². The molecule has 0 aliphatic rings. The summed E-state index contributed by atoms with van der Waals surface area (Å²) in [7, 11) is 0. The molecule has 0 saturated carbocycles. The van der Waals surface area contributed by atoms with E-state index < -0.39 is 19.4 Å². The minimum atomic E-state index is -0.500. The number of rotatable bonds is 0. The molecule has 0 saturated heterocycles. The standard InChI is InChI=1S/3CH2O2.Fe/c3*2-1-3;/h3*1H,(H,2,3);/q;;;+2/p-3. The summed E-state index contributed by atoms with van der Waals surface area (Å²) in [5, 5.41) is 24.8. The van der Waals surface area contributed by atoms with Gasteiger partial charge >= 0.3 is 17.1 Å². The van der Waals surface area contributed by atoms with E-state index in [-0.39, 0.29) is 17.1 Å². The molecule has 60 valence electrons. The Morgan fingerprint density at radius 3 is 0.700 bits per heavy atom. The quantitative estimate of drug-likeness (QED) is 0.279. The normalized spacial score (nSPS) is 3.60. The van der Waals surface area contributed by atoms with Crippen molar-refractivity contribution >= 4 is 19.4 Å². The molecule has 0 N–H and O–H groups in total. The molecular weight excluding hydrogens is 188 g/mol. The van der Waals surface area contributed by atoms with Crippen molar-refractivity contribution in [1.29, 1.82) is 0 Å². The summed E-state index contributed by atoms with van der Waals surface area (Å²) in [6, 6.07) is 0. The minimum Gasteiger partial charge on any atom is -0.554 e. The maximum atomic E-state index is 8.25. The van der Waals surface area contributed by atoms with Gasteiger partial charge in [-0.25, -0.2) is 0 Å². The Labute approximate surface area is 66.9 Å². The summed E-state index contributed by atoms with van der Waals surface area (Å²) >= 11 is 0. The monoisotopic (exact) mass is 191 g/mol. The van der Waals surface area contributed by atoms with Crippen LogP contribution in [0.1, 0.15) is 0 Å². The maximum Gasteiger partial charge on any atom is 2.00 e. The topological polar surface area (TPSA) is 120 Å². The Bertz CT molecular complexity index is 49.7. The second-order valence-corrected chi connectivity index (χ2v) is 0.289. The SMILES string of the molecule is O=C[O-].O=C[O-].O=C[O-].[Fe+2]. The largest absolute Gasteiger partial charge is 2.00 e. The third-order valence-corrected chi connectivity index (χ3v) is 0. The van der Waals surface area contributed by atoms with Crippen LogP contribution in [0.5, 0.6) is 0 Å². The van der Waals surface area contributed by atoms with Gasteiger partial charge in [0.1, 0.15) is 0 Å². The van der Waals surface area contributed by atoms with E-state index in [1.165, 1.54) is 0 Å². The summed E-state index contributed by atoms with van der Waals surface area (Å²) in [6.45, 7) is -1.50. The van der Waals surface area contributed by atoms with Crippen molar-refractivity contribution < 1.29 is 46.8 Å². The second-order valence-electron chi connectivity index (χ2n) is 0.289. The molecule has 0 bridgehead atoms. The van der Waals surface area contributed by atoms with Gasteiger partial charge in [0.2, 0.25) is 0 Å². The molecule has 6 nitrogen and oxygen atoms in total. The molecular formula is C3H3FeO6-. The van der Waals surface area contributed by atoms with Crippen molar-refractivity contribution in [3.05, 3.63) is 0 Å². The van der Waals surface area contributed by atoms with Gasteiger partial charge in [0.15, 0.2) is 0 Å². The number of carboxylic acid groups (broad SMARTS) is 3. The summed E-state index contributed by atoms with van der Waals surface area (Å²) in [5.41, 5.74) is 0. The molecule has 0 aromatic carbocycles. The third kappa shape index (κ3) is 213. The molecule has 0 rings (SSSR count). The van der Waals surface area contributed by atoms with Gasteiger partial charge in [-0.05, 0) is 0 Å². The number of hydrogen-bond donors (Lipinski definition) is 0. The molecule has 0 aromatic heterocycles. The van der Waals surface area contributed by atoms with E-state index in [1.54, 1.807) is 0 Å². The molecule has 10 heavy (non-hydrogen) atoms. The van der Waals surface area contributed by atoms with E-state index in [2.05, 4.69) is 0 Å². The van der Waals surface area contributed by atoms with Gasteiger partial charge in [-0.3, -0.25) is 0 Å². The minimum absolute atomic E-state index is 0.